The molecule has 0 atom stereocenters. The fourth-order valence-electron chi connectivity index (χ4n) is 1.83. The predicted octanol–water partition coefficient (Wildman–Crippen LogP) is 2.09. The van der Waals surface area contributed by atoms with Crippen molar-refractivity contribution in [2.75, 3.05) is 5.73 Å². The minimum Gasteiger partial charge on any atom is -0.366 e. The molecule has 0 radical (unpaired) electrons. The summed E-state index contributed by atoms with van der Waals surface area (Å²) >= 11 is 5.96. The minimum absolute atomic E-state index is 0.00723. The van der Waals surface area contributed by atoms with Crippen LogP contribution < -0.4 is 5.73 Å². The summed E-state index contributed by atoms with van der Waals surface area (Å²) in [6.07, 6.45) is 0. The van der Waals surface area contributed by atoms with Crippen molar-refractivity contribution in [2.24, 2.45) is 0 Å². The average molecular weight is 294 g/mol. The number of hydrogen-bond acceptors (Lipinski definition) is 4. The highest BCUT2D eigenvalue weighted by Crippen LogP contribution is 2.15. The van der Waals surface area contributed by atoms with Crippen LogP contribution in [0.5, 0.6) is 0 Å². The van der Waals surface area contributed by atoms with Gasteiger partial charge in [0, 0.05) is 17.6 Å². The Labute approximate surface area is 121 Å². The van der Waals surface area contributed by atoms with Gasteiger partial charge in [-0.05, 0) is 31.5 Å². The van der Waals surface area contributed by atoms with E-state index in [0.717, 1.165) is 5.56 Å². The van der Waals surface area contributed by atoms with E-state index >= 15 is 0 Å². The molecule has 1 aromatic carbocycles. The number of hydrogen-bond donors (Lipinski definition) is 2. The quantitative estimate of drug-likeness (QED) is 0.903. The van der Waals surface area contributed by atoms with Crippen LogP contribution in [0.3, 0.4) is 0 Å². The topological polar surface area (TPSA) is 87.9 Å². The van der Waals surface area contributed by atoms with Gasteiger partial charge < -0.3 is 10.6 Å². The van der Waals surface area contributed by atoms with E-state index in [-0.39, 0.29) is 23.7 Å². The van der Waals surface area contributed by atoms with Gasteiger partial charge in [0.1, 0.15) is 0 Å². The Morgan fingerprint density at radius 3 is 2.80 bits per heavy atom. The van der Waals surface area contributed by atoms with Crippen LogP contribution in [0.15, 0.2) is 24.3 Å². The third-order valence-corrected chi connectivity index (χ3v) is 3.07. The molecule has 0 bridgehead atoms. The fourth-order valence-corrected chi connectivity index (χ4v) is 2.04. The number of aromatic nitrogens is 3. The number of nitrogens with zero attached hydrogens (tertiary/aromatic N) is 3. The zero-order valence-corrected chi connectivity index (χ0v) is 12.1. The number of aromatic amines is 1. The molecule has 2 aromatic rings. The van der Waals surface area contributed by atoms with Crippen LogP contribution in [0.1, 0.15) is 30.0 Å². The van der Waals surface area contributed by atoms with Crippen molar-refractivity contribution >= 4 is 23.5 Å². The van der Waals surface area contributed by atoms with E-state index < -0.39 is 0 Å². The van der Waals surface area contributed by atoms with Crippen molar-refractivity contribution in [1.29, 1.82) is 0 Å². The maximum absolute atomic E-state index is 12.4. The molecule has 0 unspecified atom stereocenters. The monoisotopic (exact) mass is 293 g/mol. The van der Waals surface area contributed by atoms with Crippen molar-refractivity contribution < 1.29 is 4.79 Å². The van der Waals surface area contributed by atoms with Gasteiger partial charge >= 0.3 is 0 Å². The molecule has 20 heavy (non-hydrogen) atoms. The molecule has 3 N–H and O–H groups in total. The Morgan fingerprint density at radius 2 is 2.25 bits per heavy atom. The molecule has 7 heteroatoms. The SMILES string of the molecule is CC(C)N(Cc1cccc(Cl)c1)C(=O)c1nc(N)n[nH]1. The van der Waals surface area contributed by atoms with Crippen LogP contribution in [0.25, 0.3) is 0 Å². The minimum atomic E-state index is -0.246. The van der Waals surface area contributed by atoms with Gasteiger partial charge in [-0.1, -0.05) is 23.7 Å². The molecule has 0 saturated carbocycles. The molecule has 0 aliphatic carbocycles. The molecule has 1 aromatic heterocycles. The Kier molecular flexibility index (Phi) is 4.24. The number of anilines is 1. The molecule has 2 rings (SSSR count). The van der Waals surface area contributed by atoms with Gasteiger partial charge in [0.15, 0.2) is 0 Å². The van der Waals surface area contributed by atoms with E-state index in [0.29, 0.717) is 11.6 Å². The maximum Gasteiger partial charge on any atom is 0.291 e. The van der Waals surface area contributed by atoms with E-state index in [1.807, 2.05) is 32.0 Å². The smallest absolute Gasteiger partial charge is 0.291 e. The second-order valence-corrected chi connectivity index (χ2v) is 5.14. The van der Waals surface area contributed by atoms with E-state index in [2.05, 4.69) is 15.2 Å². The third-order valence-electron chi connectivity index (χ3n) is 2.83. The molecule has 0 fully saturated rings. The number of rotatable bonds is 4. The lowest BCUT2D eigenvalue weighted by Crippen LogP contribution is -2.37. The zero-order valence-electron chi connectivity index (χ0n) is 11.3. The summed E-state index contributed by atoms with van der Waals surface area (Å²) in [5, 5.41) is 6.85. The second-order valence-electron chi connectivity index (χ2n) is 4.70. The van der Waals surface area contributed by atoms with Crippen LogP contribution in [-0.2, 0) is 6.54 Å². The van der Waals surface area contributed by atoms with E-state index in [9.17, 15) is 4.79 Å². The standard InChI is InChI=1S/C13H16ClN5O/c1-8(2)19(7-9-4-3-5-10(14)6-9)12(20)11-16-13(15)18-17-11/h3-6,8H,7H2,1-2H3,(H3,15,16,17,18). The van der Waals surface area contributed by atoms with Crippen LogP contribution in [0.2, 0.25) is 5.02 Å². The molecule has 1 amide bonds. The first kappa shape index (κ1) is 14.3. The van der Waals surface area contributed by atoms with Crippen molar-refractivity contribution in [2.45, 2.75) is 26.4 Å². The van der Waals surface area contributed by atoms with Gasteiger partial charge in [-0.25, -0.2) is 0 Å². The van der Waals surface area contributed by atoms with E-state index in [4.69, 9.17) is 17.3 Å². The summed E-state index contributed by atoms with van der Waals surface area (Å²) in [4.78, 5) is 17.9. The number of benzene rings is 1. The van der Waals surface area contributed by atoms with Crippen LogP contribution in [0.4, 0.5) is 5.95 Å². The van der Waals surface area contributed by atoms with Gasteiger partial charge in [-0.2, -0.15) is 4.98 Å². The number of H-pyrrole nitrogens is 1. The summed E-state index contributed by atoms with van der Waals surface area (Å²) in [7, 11) is 0. The molecule has 0 spiro atoms. The number of halogens is 1. The zero-order chi connectivity index (χ0) is 14.7. The van der Waals surface area contributed by atoms with Gasteiger partial charge in [0.25, 0.3) is 5.91 Å². The highest BCUT2D eigenvalue weighted by molar-refractivity contribution is 6.30. The Balaban J connectivity index is 2.21. The summed E-state index contributed by atoms with van der Waals surface area (Å²) in [6, 6.07) is 7.41. The van der Waals surface area contributed by atoms with Gasteiger partial charge in [-0.15, -0.1) is 5.10 Å². The summed E-state index contributed by atoms with van der Waals surface area (Å²) < 4.78 is 0. The van der Waals surface area contributed by atoms with Gasteiger partial charge in [-0.3, -0.25) is 9.89 Å². The first-order valence-corrected chi connectivity index (χ1v) is 6.58. The number of amides is 1. The highest BCUT2D eigenvalue weighted by Gasteiger charge is 2.22. The molecule has 1 heterocycles. The molecule has 6 nitrogen and oxygen atoms in total. The largest absolute Gasteiger partial charge is 0.366 e. The van der Waals surface area contributed by atoms with Crippen molar-refractivity contribution in [1.82, 2.24) is 20.1 Å². The van der Waals surface area contributed by atoms with Gasteiger partial charge in [0.05, 0.1) is 0 Å². The summed E-state index contributed by atoms with van der Waals surface area (Å²) in [5.41, 5.74) is 6.37. The Morgan fingerprint density at radius 1 is 1.50 bits per heavy atom. The molecule has 0 aliphatic heterocycles. The molecule has 0 saturated heterocycles. The Bertz CT molecular complexity index is 610. The summed E-state index contributed by atoms with van der Waals surface area (Å²) in [5.74, 6) is -0.0535. The lowest BCUT2D eigenvalue weighted by Gasteiger charge is -2.25. The summed E-state index contributed by atoms with van der Waals surface area (Å²) in [6.45, 7) is 4.31. The van der Waals surface area contributed by atoms with E-state index in [1.54, 1.807) is 11.0 Å². The first-order valence-electron chi connectivity index (χ1n) is 6.20. The van der Waals surface area contributed by atoms with Crippen LogP contribution >= 0.6 is 11.6 Å². The van der Waals surface area contributed by atoms with Crippen molar-refractivity contribution in [3.63, 3.8) is 0 Å². The lowest BCUT2D eigenvalue weighted by molar-refractivity contribution is 0.0678. The Hall–Kier alpha value is -2.08. The number of carbonyl (C=O) groups is 1. The fraction of sp³-hybridized carbons (Fsp3) is 0.308. The first-order chi connectivity index (χ1) is 9.47. The van der Waals surface area contributed by atoms with Crippen molar-refractivity contribution in [3.05, 3.63) is 40.7 Å². The molecule has 0 aliphatic rings. The van der Waals surface area contributed by atoms with Crippen LogP contribution in [-0.4, -0.2) is 32.0 Å². The maximum atomic E-state index is 12.4. The highest BCUT2D eigenvalue weighted by atomic mass is 35.5. The third kappa shape index (κ3) is 3.27. The number of nitrogens with one attached hydrogen (secondary N) is 1. The van der Waals surface area contributed by atoms with Crippen molar-refractivity contribution in [3.8, 4) is 0 Å². The van der Waals surface area contributed by atoms with E-state index in [1.165, 1.54) is 0 Å². The van der Waals surface area contributed by atoms with Gasteiger partial charge in [0.2, 0.25) is 11.8 Å². The molecular formula is C13H16ClN5O. The normalized spacial score (nSPS) is 10.8. The number of nitrogen functional groups attached to an aromatic ring is 1. The molecular weight excluding hydrogens is 278 g/mol. The number of carbonyl (C=O) groups excluding carboxylic acids is 1. The van der Waals surface area contributed by atoms with Crippen LogP contribution in [0, 0.1) is 0 Å². The molecule has 106 valence electrons. The lowest BCUT2D eigenvalue weighted by atomic mass is 10.2. The number of nitrogens with two attached hydrogens (primary N) is 1. The second kappa shape index (κ2) is 5.92. The predicted molar refractivity (Wildman–Crippen MR) is 77.3 cm³/mol. The average Bonchev–Trinajstić information content (AvgIpc) is 2.82.